The molecule has 0 saturated heterocycles. The fourth-order valence-corrected chi connectivity index (χ4v) is 0.970. The Morgan fingerprint density at radius 2 is 1.81 bits per heavy atom. The van der Waals surface area contributed by atoms with E-state index in [-0.39, 0.29) is 11.8 Å². The molecule has 0 atom stereocenters. The van der Waals surface area contributed by atoms with Crippen LogP contribution >= 0.6 is 0 Å². The lowest BCUT2D eigenvalue weighted by molar-refractivity contribution is 1.17. The van der Waals surface area contributed by atoms with Gasteiger partial charge in [0.15, 0.2) is 0 Å². The van der Waals surface area contributed by atoms with Gasteiger partial charge in [-0.2, -0.15) is 5.10 Å². The van der Waals surface area contributed by atoms with Gasteiger partial charge in [0, 0.05) is 0 Å². The molecule has 0 aliphatic carbocycles. The Morgan fingerprint density at radius 1 is 1.19 bits per heavy atom. The molecule has 0 aliphatic rings. The van der Waals surface area contributed by atoms with Crippen LogP contribution in [0.4, 0.5) is 0 Å². The number of nitrogens with one attached hydrogen (secondary N) is 1. The molecule has 16 heavy (non-hydrogen) atoms. The highest BCUT2D eigenvalue weighted by Crippen LogP contribution is 2.01. The summed E-state index contributed by atoms with van der Waals surface area (Å²) < 4.78 is 0. The van der Waals surface area contributed by atoms with E-state index in [4.69, 9.17) is 22.6 Å². The summed E-state index contributed by atoms with van der Waals surface area (Å²) in [7, 11) is 0. The molecule has 1 aromatic rings. The molecule has 1 rings (SSSR count). The maximum absolute atomic E-state index is 7.25. The SMILES string of the molecule is C/C(=N\N=C(N)N)c1cccc(C(=N)N)n1. The zero-order valence-electron chi connectivity index (χ0n) is 8.81. The normalized spacial score (nSPS) is 10.9. The van der Waals surface area contributed by atoms with Gasteiger partial charge in [0.25, 0.3) is 0 Å². The molecule has 7 nitrogen and oxygen atoms in total. The van der Waals surface area contributed by atoms with Crippen LogP contribution in [-0.2, 0) is 0 Å². The third kappa shape index (κ3) is 3.05. The van der Waals surface area contributed by atoms with Gasteiger partial charge in [-0.3, -0.25) is 5.41 Å². The minimum absolute atomic E-state index is 0.100. The fraction of sp³-hybridized carbons (Fsp3) is 0.111. The van der Waals surface area contributed by atoms with Crippen LogP contribution in [0.25, 0.3) is 0 Å². The first-order chi connectivity index (χ1) is 7.50. The van der Waals surface area contributed by atoms with Crippen molar-refractivity contribution in [3.63, 3.8) is 0 Å². The van der Waals surface area contributed by atoms with Crippen LogP contribution < -0.4 is 17.2 Å². The molecule has 0 bridgehead atoms. The number of nitrogens with two attached hydrogens (primary N) is 3. The lowest BCUT2D eigenvalue weighted by atomic mass is 10.2. The quantitative estimate of drug-likeness (QED) is 0.305. The first kappa shape index (κ1) is 11.6. The first-order valence-electron chi connectivity index (χ1n) is 4.45. The van der Waals surface area contributed by atoms with E-state index >= 15 is 0 Å². The van der Waals surface area contributed by atoms with E-state index in [1.807, 2.05) is 0 Å². The molecule has 0 spiro atoms. The lowest BCUT2D eigenvalue weighted by Crippen LogP contribution is -2.22. The van der Waals surface area contributed by atoms with Crippen LogP contribution in [0.5, 0.6) is 0 Å². The van der Waals surface area contributed by atoms with E-state index in [0.29, 0.717) is 17.1 Å². The number of amidine groups is 1. The molecule has 1 heterocycles. The number of aromatic nitrogens is 1. The number of hydrogen-bond donors (Lipinski definition) is 4. The smallest absolute Gasteiger partial charge is 0.211 e. The number of pyridine rings is 1. The van der Waals surface area contributed by atoms with Crippen molar-refractivity contribution in [2.75, 3.05) is 0 Å². The minimum Gasteiger partial charge on any atom is -0.382 e. The topological polar surface area (TPSA) is 140 Å². The standard InChI is InChI=1S/C9H13N7/c1-5(15-16-9(12)13)6-3-2-4-7(14-6)8(10)11/h2-4H,1H3,(H3,10,11)(H4,12,13,16)/b15-5+. The van der Waals surface area contributed by atoms with Crippen molar-refractivity contribution in [1.29, 1.82) is 5.41 Å². The Kier molecular flexibility index (Phi) is 3.54. The van der Waals surface area contributed by atoms with Gasteiger partial charge in [0.05, 0.1) is 11.4 Å². The molecule has 0 fully saturated rings. The second kappa shape index (κ2) is 4.87. The second-order valence-corrected chi connectivity index (χ2v) is 3.03. The molecule has 0 aromatic carbocycles. The third-order valence-electron chi connectivity index (χ3n) is 1.71. The van der Waals surface area contributed by atoms with Crippen LogP contribution in [-0.4, -0.2) is 22.5 Å². The predicted octanol–water partition coefficient (Wildman–Crippen LogP) is -0.637. The van der Waals surface area contributed by atoms with Crippen molar-refractivity contribution < 1.29 is 0 Å². The number of guanidine groups is 1. The molecular formula is C9H13N7. The van der Waals surface area contributed by atoms with Gasteiger partial charge in [0.2, 0.25) is 5.96 Å². The molecule has 7 heteroatoms. The lowest BCUT2D eigenvalue weighted by Gasteiger charge is -2.01. The zero-order valence-corrected chi connectivity index (χ0v) is 8.81. The fourth-order valence-electron chi connectivity index (χ4n) is 0.970. The number of nitrogens with zero attached hydrogens (tertiary/aromatic N) is 3. The zero-order chi connectivity index (χ0) is 12.1. The molecule has 84 valence electrons. The first-order valence-corrected chi connectivity index (χ1v) is 4.45. The van der Waals surface area contributed by atoms with E-state index in [1.165, 1.54) is 0 Å². The third-order valence-corrected chi connectivity index (χ3v) is 1.71. The van der Waals surface area contributed by atoms with Gasteiger partial charge in [-0.25, -0.2) is 4.98 Å². The van der Waals surface area contributed by atoms with Crippen molar-refractivity contribution >= 4 is 17.5 Å². The maximum atomic E-state index is 7.25. The largest absolute Gasteiger partial charge is 0.382 e. The minimum atomic E-state index is -0.123. The second-order valence-electron chi connectivity index (χ2n) is 3.03. The van der Waals surface area contributed by atoms with Crippen LogP contribution in [0.15, 0.2) is 28.4 Å². The summed E-state index contributed by atoms with van der Waals surface area (Å²) in [4.78, 5) is 4.12. The monoisotopic (exact) mass is 219 g/mol. The Balaban J connectivity index is 3.05. The van der Waals surface area contributed by atoms with Gasteiger partial charge in [-0.15, -0.1) is 5.10 Å². The van der Waals surface area contributed by atoms with Gasteiger partial charge in [-0.1, -0.05) is 6.07 Å². The van der Waals surface area contributed by atoms with Crippen LogP contribution in [0, 0.1) is 5.41 Å². The van der Waals surface area contributed by atoms with Crippen molar-refractivity contribution in [2.45, 2.75) is 6.92 Å². The molecular weight excluding hydrogens is 206 g/mol. The van der Waals surface area contributed by atoms with Gasteiger partial charge < -0.3 is 17.2 Å². The Labute approximate surface area is 92.6 Å². The van der Waals surface area contributed by atoms with Crippen LogP contribution in [0.2, 0.25) is 0 Å². The number of rotatable bonds is 3. The highest BCUT2D eigenvalue weighted by atomic mass is 15.3. The summed E-state index contributed by atoms with van der Waals surface area (Å²) >= 11 is 0. The summed E-state index contributed by atoms with van der Waals surface area (Å²) in [5.41, 5.74) is 17.1. The molecule has 0 radical (unpaired) electrons. The molecule has 0 amide bonds. The van der Waals surface area contributed by atoms with Gasteiger partial charge in [-0.05, 0) is 19.1 Å². The van der Waals surface area contributed by atoms with Gasteiger partial charge in [0.1, 0.15) is 11.5 Å². The summed E-state index contributed by atoms with van der Waals surface area (Å²) in [5.74, 6) is -0.224. The van der Waals surface area contributed by atoms with Gasteiger partial charge >= 0.3 is 0 Å². The average molecular weight is 219 g/mol. The highest BCUT2D eigenvalue weighted by Gasteiger charge is 2.02. The summed E-state index contributed by atoms with van der Waals surface area (Å²) in [6.07, 6.45) is 0. The van der Waals surface area contributed by atoms with Crippen molar-refractivity contribution in [3.8, 4) is 0 Å². The Morgan fingerprint density at radius 3 is 2.38 bits per heavy atom. The molecule has 0 aliphatic heterocycles. The van der Waals surface area contributed by atoms with E-state index in [2.05, 4.69) is 15.2 Å². The molecule has 0 unspecified atom stereocenters. The van der Waals surface area contributed by atoms with Crippen molar-refractivity contribution in [2.24, 2.45) is 27.4 Å². The van der Waals surface area contributed by atoms with Crippen molar-refractivity contribution in [3.05, 3.63) is 29.6 Å². The Hall–Kier alpha value is -2.44. The predicted molar refractivity (Wildman–Crippen MR) is 63.3 cm³/mol. The summed E-state index contributed by atoms with van der Waals surface area (Å²) in [6.45, 7) is 1.71. The van der Waals surface area contributed by atoms with Crippen LogP contribution in [0.3, 0.4) is 0 Å². The highest BCUT2D eigenvalue weighted by molar-refractivity contribution is 5.99. The molecule has 0 saturated carbocycles. The maximum Gasteiger partial charge on any atom is 0.211 e. The van der Waals surface area contributed by atoms with Crippen LogP contribution in [0.1, 0.15) is 18.3 Å². The van der Waals surface area contributed by atoms with E-state index in [9.17, 15) is 0 Å². The van der Waals surface area contributed by atoms with E-state index in [0.717, 1.165) is 0 Å². The average Bonchev–Trinajstić information content (AvgIpc) is 2.26. The van der Waals surface area contributed by atoms with E-state index in [1.54, 1.807) is 25.1 Å². The summed E-state index contributed by atoms with van der Waals surface area (Å²) in [6, 6.07) is 5.10. The van der Waals surface area contributed by atoms with E-state index < -0.39 is 0 Å². The Bertz CT molecular complexity index is 457. The summed E-state index contributed by atoms with van der Waals surface area (Å²) in [5, 5.41) is 14.5. The number of hydrogen-bond acceptors (Lipinski definition) is 4. The number of nitrogen functional groups attached to an aromatic ring is 1. The molecule has 7 N–H and O–H groups in total. The molecule has 1 aromatic heterocycles. The van der Waals surface area contributed by atoms with Crippen molar-refractivity contribution in [1.82, 2.24) is 4.98 Å².